The van der Waals surface area contributed by atoms with E-state index in [4.69, 9.17) is 30.5 Å². The molecule has 0 saturated heterocycles. The van der Waals surface area contributed by atoms with Gasteiger partial charge in [-0.3, -0.25) is 9.69 Å². The van der Waals surface area contributed by atoms with Crippen molar-refractivity contribution in [3.8, 4) is 28.7 Å². The van der Waals surface area contributed by atoms with E-state index >= 15 is 0 Å². The highest BCUT2D eigenvalue weighted by atomic mass is 35.5. The molecule has 0 unspecified atom stereocenters. The predicted molar refractivity (Wildman–Crippen MR) is 154 cm³/mol. The molecule has 0 fully saturated rings. The smallest absolute Gasteiger partial charge is 0.262 e. The molecule has 0 spiro atoms. The van der Waals surface area contributed by atoms with Gasteiger partial charge in [0.1, 0.15) is 17.2 Å². The van der Waals surface area contributed by atoms with Crippen molar-refractivity contribution >= 4 is 35.0 Å². The molecule has 7 heteroatoms. The van der Waals surface area contributed by atoms with Crippen molar-refractivity contribution in [1.82, 2.24) is 0 Å². The van der Waals surface area contributed by atoms with Gasteiger partial charge in [0.05, 0.1) is 27.0 Å². The molecule has 0 bridgehead atoms. The van der Waals surface area contributed by atoms with Crippen molar-refractivity contribution in [2.45, 2.75) is 0 Å². The normalized spacial score (nSPS) is 13.8. The topological polar surface area (TPSA) is 57.2 Å². The molecule has 196 valence electrons. The van der Waals surface area contributed by atoms with Crippen LogP contribution in [-0.4, -0.2) is 27.2 Å². The second-order valence-electron chi connectivity index (χ2n) is 8.66. The van der Waals surface area contributed by atoms with Gasteiger partial charge >= 0.3 is 0 Å². The van der Waals surface area contributed by atoms with Crippen LogP contribution in [0.5, 0.6) is 28.7 Å². The summed E-state index contributed by atoms with van der Waals surface area (Å²) in [6, 6.07) is 27.7. The third kappa shape index (κ3) is 5.61. The maximum Gasteiger partial charge on any atom is 0.262 e. The minimum Gasteiger partial charge on any atom is -0.497 e. The molecule has 1 amide bonds. The van der Waals surface area contributed by atoms with Crippen LogP contribution in [0.2, 0.25) is 5.02 Å². The van der Waals surface area contributed by atoms with Gasteiger partial charge in [-0.15, -0.1) is 0 Å². The van der Waals surface area contributed by atoms with Gasteiger partial charge in [0, 0.05) is 16.3 Å². The van der Waals surface area contributed by atoms with E-state index in [9.17, 15) is 4.79 Å². The molecular formula is C32H26ClNO5. The lowest BCUT2D eigenvalue weighted by Gasteiger charge is -2.21. The number of hydrogen-bond acceptors (Lipinski definition) is 5. The first kappa shape index (κ1) is 25.9. The number of methoxy groups -OCH3 is 3. The Morgan fingerprint density at radius 2 is 1.31 bits per heavy atom. The van der Waals surface area contributed by atoms with Crippen LogP contribution in [0.4, 0.5) is 5.69 Å². The average Bonchev–Trinajstić information content (AvgIpc) is 3.29. The molecule has 0 saturated carbocycles. The van der Waals surface area contributed by atoms with Crippen molar-refractivity contribution in [2.75, 3.05) is 26.2 Å². The minimum atomic E-state index is -0.154. The molecule has 0 radical (unpaired) electrons. The van der Waals surface area contributed by atoms with E-state index in [-0.39, 0.29) is 5.91 Å². The van der Waals surface area contributed by atoms with Crippen molar-refractivity contribution in [2.24, 2.45) is 0 Å². The van der Waals surface area contributed by atoms with Crippen molar-refractivity contribution in [1.29, 1.82) is 0 Å². The van der Waals surface area contributed by atoms with Gasteiger partial charge in [-0.1, -0.05) is 29.8 Å². The van der Waals surface area contributed by atoms with E-state index in [1.807, 2.05) is 103 Å². The van der Waals surface area contributed by atoms with Gasteiger partial charge in [-0.25, -0.2) is 0 Å². The van der Waals surface area contributed by atoms with Crippen LogP contribution in [0.25, 0.3) is 11.8 Å². The summed E-state index contributed by atoms with van der Waals surface area (Å²) in [5, 5.41) is 0.622. The fourth-order valence-electron chi connectivity index (χ4n) is 4.27. The molecule has 1 aliphatic rings. The summed E-state index contributed by atoms with van der Waals surface area (Å²) in [6.45, 7) is 0. The molecule has 6 nitrogen and oxygen atoms in total. The van der Waals surface area contributed by atoms with Gasteiger partial charge in [0.2, 0.25) is 0 Å². The maximum absolute atomic E-state index is 13.8. The Hall–Kier alpha value is -4.68. The number of carbonyl (C=O) groups excluding carboxylic acids is 1. The second kappa shape index (κ2) is 11.4. The Balaban J connectivity index is 1.47. The van der Waals surface area contributed by atoms with E-state index in [0.717, 1.165) is 22.6 Å². The van der Waals surface area contributed by atoms with Crippen LogP contribution in [0.15, 0.2) is 103 Å². The minimum absolute atomic E-state index is 0.154. The van der Waals surface area contributed by atoms with Gasteiger partial charge in [-0.05, 0) is 96.1 Å². The zero-order valence-electron chi connectivity index (χ0n) is 21.7. The zero-order valence-corrected chi connectivity index (χ0v) is 22.4. The van der Waals surface area contributed by atoms with Gasteiger partial charge < -0.3 is 18.9 Å². The summed E-state index contributed by atoms with van der Waals surface area (Å²) in [5.41, 5.74) is 3.66. The number of anilines is 1. The molecule has 0 atom stereocenters. The molecule has 4 aromatic rings. The summed E-state index contributed by atoms with van der Waals surface area (Å²) in [4.78, 5) is 15.4. The van der Waals surface area contributed by atoms with Crippen LogP contribution in [0.1, 0.15) is 11.1 Å². The quantitative estimate of drug-likeness (QED) is 0.215. The third-order valence-electron chi connectivity index (χ3n) is 6.24. The van der Waals surface area contributed by atoms with Crippen molar-refractivity contribution in [3.63, 3.8) is 0 Å². The molecule has 5 rings (SSSR count). The Bertz CT molecular complexity index is 1540. The van der Waals surface area contributed by atoms with Gasteiger partial charge in [0.15, 0.2) is 11.5 Å². The first-order chi connectivity index (χ1) is 19.0. The predicted octanol–water partition coefficient (Wildman–Crippen LogP) is 7.63. The molecular weight excluding hydrogens is 514 g/mol. The third-order valence-corrected chi connectivity index (χ3v) is 6.49. The van der Waals surface area contributed by atoms with Crippen molar-refractivity contribution in [3.05, 3.63) is 119 Å². The summed E-state index contributed by atoms with van der Waals surface area (Å²) >= 11 is 6.14. The SMILES string of the molecule is COc1ccc(Oc2ccc(N3C(=O)/C(=C/c4ccc(OC)c(OC)c4)C=C3c3ccc(Cl)cc3)cc2)cc1. The summed E-state index contributed by atoms with van der Waals surface area (Å²) in [5.74, 6) is 3.13. The molecule has 1 aliphatic heterocycles. The largest absolute Gasteiger partial charge is 0.497 e. The lowest BCUT2D eigenvalue weighted by molar-refractivity contribution is -0.113. The standard InChI is InChI=1S/C32H26ClNO5/c1-36-26-13-15-28(16-14-26)39-27-11-9-25(10-12-27)34-29(22-5-7-24(33)8-6-22)20-23(32(34)35)18-21-4-17-30(37-2)31(19-21)38-3/h4-20H,1-3H3/b23-18+. The lowest BCUT2D eigenvalue weighted by Crippen LogP contribution is -2.24. The number of ether oxygens (including phenoxy) is 4. The van der Waals surface area contributed by atoms with E-state index in [2.05, 4.69) is 0 Å². The highest BCUT2D eigenvalue weighted by Gasteiger charge is 2.30. The number of halogens is 1. The number of benzene rings is 4. The summed E-state index contributed by atoms with van der Waals surface area (Å²) in [6.07, 6.45) is 3.71. The second-order valence-corrected chi connectivity index (χ2v) is 9.10. The molecule has 4 aromatic carbocycles. The number of rotatable bonds is 8. The summed E-state index contributed by atoms with van der Waals surface area (Å²) in [7, 11) is 4.79. The van der Waals surface area contributed by atoms with Gasteiger partial charge in [-0.2, -0.15) is 0 Å². The van der Waals surface area contributed by atoms with Crippen molar-refractivity contribution < 1.29 is 23.7 Å². The van der Waals surface area contributed by atoms with E-state index in [1.54, 1.807) is 26.2 Å². The van der Waals surface area contributed by atoms with Crippen LogP contribution in [0, 0.1) is 0 Å². The van der Waals surface area contributed by atoms with Crippen LogP contribution in [0.3, 0.4) is 0 Å². The number of hydrogen-bond donors (Lipinski definition) is 0. The average molecular weight is 540 g/mol. The first-order valence-corrected chi connectivity index (χ1v) is 12.5. The zero-order chi connectivity index (χ0) is 27.4. The van der Waals surface area contributed by atoms with Crippen LogP contribution in [-0.2, 0) is 4.79 Å². The van der Waals surface area contributed by atoms with E-state index < -0.39 is 0 Å². The molecule has 39 heavy (non-hydrogen) atoms. The van der Waals surface area contributed by atoms with Crippen LogP contribution >= 0.6 is 11.6 Å². The maximum atomic E-state index is 13.8. The highest BCUT2D eigenvalue weighted by molar-refractivity contribution is 6.30. The van der Waals surface area contributed by atoms with E-state index in [1.165, 1.54) is 0 Å². The van der Waals surface area contributed by atoms with Gasteiger partial charge in [0.25, 0.3) is 5.91 Å². The Morgan fingerprint density at radius 1 is 0.692 bits per heavy atom. The number of nitrogens with zero attached hydrogens (tertiary/aromatic N) is 1. The fourth-order valence-corrected chi connectivity index (χ4v) is 4.40. The Morgan fingerprint density at radius 3 is 1.92 bits per heavy atom. The number of carbonyl (C=O) groups is 1. The monoisotopic (exact) mass is 539 g/mol. The molecule has 0 aromatic heterocycles. The molecule has 0 aliphatic carbocycles. The summed E-state index contributed by atoms with van der Waals surface area (Å²) < 4.78 is 21.9. The highest BCUT2D eigenvalue weighted by Crippen LogP contribution is 2.37. The number of amides is 1. The van der Waals surface area contributed by atoms with Crippen LogP contribution < -0.4 is 23.8 Å². The first-order valence-electron chi connectivity index (χ1n) is 12.2. The Kier molecular flexibility index (Phi) is 7.57. The fraction of sp³-hybridized carbons (Fsp3) is 0.0938. The lowest BCUT2D eigenvalue weighted by atomic mass is 10.1. The Labute approximate surface area is 232 Å². The van der Waals surface area contributed by atoms with E-state index in [0.29, 0.717) is 39.3 Å². The molecule has 1 heterocycles. The molecule has 0 N–H and O–H groups in total.